The molecule has 0 spiro atoms. The zero-order chi connectivity index (χ0) is 15.7. The van der Waals surface area contributed by atoms with E-state index < -0.39 is 0 Å². The standard InChI is InChI=1S/C19H19N3/c1-14-6-5-7-15(10-14)8-9-16-12-20-18-11-17(19(2,3)4)21-22(18)13-16/h5-7,10-13H,1-4H3. The minimum Gasteiger partial charge on any atom is -0.236 e. The first kappa shape index (κ1) is 14.3. The molecule has 0 unspecified atom stereocenters. The van der Waals surface area contributed by atoms with Gasteiger partial charge in [0.1, 0.15) is 0 Å². The van der Waals surface area contributed by atoms with Gasteiger partial charge < -0.3 is 0 Å². The number of fused-ring (bicyclic) bond motifs is 1. The molecule has 3 rings (SSSR count). The highest BCUT2D eigenvalue weighted by Gasteiger charge is 2.17. The number of aryl methyl sites for hydroxylation is 1. The maximum Gasteiger partial charge on any atom is 0.155 e. The van der Waals surface area contributed by atoms with Gasteiger partial charge in [0.15, 0.2) is 5.65 Å². The number of rotatable bonds is 0. The van der Waals surface area contributed by atoms with Crippen molar-refractivity contribution in [3.63, 3.8) is 0 Å². The summed E-state index contributed by atoms with van der Waals surface area (Å²) in [6, 6.07) is 10.2. The van der Waals surface area contributed by atoms with Gasteiger partial charge in [-0.05, 0) is 24.6 Å². The lowest BCUT2D eigenvalue weighted by Crippen LogP contribution is -2.11. The van der Waals surface area contributed by atoms with Crippen LogP contribution in [0, 0.1) is 18.8 Å². The molecule has 2 aromatic heterocycles. The molecule has 0 bridgehead atoms. The van der Waals surface area contributed by atoms with E-state index in [0.717, 1.165) is 22.5 Å². The Kier molecular flexibility index (Phi) is 3.46. The molecule has 3 heteroatoms. The van der Waals surface area contributed by atoms with Gasteiger partial charge in [-0.3, -0.25) is 0 Å². The van der Waals surface area contributed by atoms with Gasteiger partial charge in [-0.15, -0.1) is 0 Å². The van der Waals surface area contributed by atoms with Gasteiger partial charge in [-0.2, -0.15) is 5.10 Å². The second kappa shape index (κ2) is 5.31. The molecule has 0 radical (unpaired) electrons. The van der Waals surface area contributed by atoms with Crippen molar-refractivity contribution < 1.29 is 0 Å². The van der Waals surface area contributed by atoms with Crippen LogP contribution in [0.25, 0.3) is 5.65 Å². The summed E-state index contributed by atoms with van der Waals surface area (Å²) in [5.41, 5.74) is 4.98. The maximum atomic E-state index is 4.60. The summed E-state index contributed by atoms with van der Waals surface area (Å²) < 4.78 is 1.81. The second-order valence-corrected chi connectivity index (χ2v) is 6.54. The average Bonchev–Trinajstić information content (AvgIpc) is 2.88. The molecule has 0 fully saturated rings. The maximum absolute atomic E-state index is 4.60. The Hall–Kier alpha value is -2.60. The molecule has 0 amide bonds. The van der Waals surface area contributed by atoms with Crippen LogP contribution in [0.2, 0.25) is 0 Å². The Balaban J connectivity index is 1.96. The second-order valence-electron chi connectivity index (χ2n) is 6.54. The Morgan fingerprint density at radius 3 is 2.55 bits per heavy atom. The Morgan fingerprint density at radius 2 is 1.82 bits per heavy atom. The average molecular weight is 289 g/mol. The molecule has 0 aliphatic heterocycles. The van der Waals surface area contributed by atoms with Crippen LogP contribution in [0.1, 0.15) is 43.2 Å². The first-order valence-corrected chi connectivity index (χ1v) is 7.36. The van der Waals surface area contributed by atoms with Crippen molar-refractivity contribution in [2.45, 2.75) is 33.1 Å². The van der Waals surface area contributed by atoms with Gasteiger partial charge in [-0.25, -0.2) is 9.50 Å². The minimum absolute atomic E-state index is 0.0150. The highest BCUT2D eigenvalue weighted by molar-refractivity contribution is 5.46. The molecule has 3 aromatic rings. The van der Waals surface area contributed by atoms with Gasteiger partial charge in [-0.1, -0.05) is 44.7 Å². The first-order valence-electron chi connectivity index (χ1n) is 7.36. The van der Waals surface area contributed by atoms with Crippen molar-refractivity contribution in [1.82, 2.24) is 14.6 Å². The lowest BCUT2D eigenvalue weighted by molar-refractivity contribution is 0.562. The fourth-order valence-electron chi connectivity index (χ4n) is 2.17. The fraction of sp³-hybridized carbons (Fsp3) is 0.263. The van der Waals surface area contributed by atoms with Crippen LogP contribution in [-0.4, -0.2) is 14.6 Å². The molecule has 0 atom stereocenters. The quantitative estimate of drug-likeness (QED) is 0.590. The van der Waals surface area contributed by atoms with E-state index in [0.29, 0.717) is 0 Å². The molecule has 0 saturated carbocycles. The van der Waals surface area contributed by atoms with Crippen LogP contribution >= 0.6 is 0 Å². The zero-order valence-electron chi connectivity index (χ0n) is 13.4. The molecule has 22 heavy (non-hydrogen) atoms. The van der Waals surface area contributed by atoms with E-state index in [1.807, 2.05) is 24.4 Å². The molecule has 3 nitrogen and oxygen atoms in total. The number of hydrogen-bond donors (Lipinski definition) is 0. The topological polar surface area (TPSA) is 30.2 Å². The molecule has 0 saturated heterocycles. The van der Waals surface area contributed by atoms with Crippen LogP contribution in [0.5, 0.6) is 0 Å². The highest BCUT2D eigenvalue weighted by Crippen LogP contribution is 2.21. The number of benzene rings is 1. The number of aromatic nitrogens is 3. The lowest BCUT2D eigenvalue weighted by Gasteiger charge is -2.13. The summed E-state index contributed by atoms with van der Waals surface area (Å²) in [4.78, 5) is 4.44. The van der Waals surface area contributed by atoms with Crippen LogP contribution < -0.4 is 0 Å². The Morgan fingerprint density at radius 1 is 1.05 bits per heavy atom. The van der Waals surface area contributed by atoms with E-state index in [9.17, 15) is 0 Å². The third-order valence-electron chi connectivity index (χ3n) is 3.45. The van der Waals surface area contributed by atoms with Crippen molar-refractivity contribution in [3.8, 4) is 11.8 Å². The monoisotopic (exact) mass is 289 g/mol. The summed E-state index contributed by atoms with van der Waals surface area (Å²) in [7, 11) is 0. The van der Waals surface area contributed by atoms with Crippen molar-refractivity contribution in [2.75, 3.05) is 0 Å². The predicted molar refractivity (Wildman–Crippen MR) is 88.8 cm³/mol. The first-order chi connectivity index (χ1) is 10.4. The highest BCUT2D eigenvalue weighted by atomic mass is 15.2. The van der Waals surface area contributed by atoms with Crippen molar-refractivity contribution in [2.24, 2.45) is 0 Å². The Bertz CT molecular complexity index is 886. The van der Waals surface area contributed by atoms with Gasteiger partial charge >= 0.3 is 0 Å². The van der Waals surface area contributed by atoms with Crippen molar-refractivity contribution >= 4 is 5.65 Å². The molecular weight excluding hydrogens is 270 g/mol. The van der Waals surface area contributed by atoms with Crippen LogP contribution in [0.3, 0.4) is 0 Å². The molecule has 110 valence electrons. The van der Waals surface area contributed by atoms with Crippen molar-refractivity contribution in [1.29, 1.82) is 0 Å². The summed E-state index contributed by atoms with van der Waals surface area (Å²) >= 11 is 0. The van der Waals surface area contributed by atoms with Crippen LogP contribution in [-0.2, 0) is 5.41 Å². The van der Waals surface area contributed by atoms with E-state index in [2.05, 4.69) is 61.8 Å². The zero-order valence-corrected chi connectivity index (χ0v) is 13.4. The summed E-state index contributed by atoms with van der Waals surface area (Å²) in [6.07, 6.45) is 3.73. The largest absolute Gasteiger partial charge is 0.236 e. The number of nitrogens with zero attached hydrogens (tertiary/aromatic N) is 3. The molecule has 2 heterocycles. The molecule has 0 aliphatic rings. The normalized spacial score (nSPS) is 11.3. The van der Waals surface area contributed by atoms with Gasteiger partial charge in [0, 0.05) is 29.4 Å². The minimum atomic E-state index is 0.0150. The Labute approximate surface area is 131 Å². The fourth-order valence-corrected chi connectivity index (χ4v) is 2.17. The third kappa shape index (κ3) is 3.01. The molecule has 1 aromatic carbocycles. The van der Waals surface area contributed by atoms with Gasteiger partial charge in [0.25, 0.3) is 0 Å². The van der Waals surface area contributed by atoms with E-state index in [4.69, 9.17) is 0 Å². The molecular formula is C19H19N3. The molecule has 0 N–H and O–H groups in total. The smallest absolute Gasteiger partial charge is 0.155 e. The SMILES string of the molecule is Cc1cccc(C#Cc2cnc3cc(C(C)(C)C)nn3c2)c1. The van der Waals surface area contributed by atoms with Crippen LogP contribution in [0.4, 0.5) is 0 Å². The molecule has 0 aliphatic carbocycles. The van der Waals surface area contributed by atoms with Crippen molar-refractivity contribution in [3.05, 3.63) is 65.1 Å². The van der Waals surface area contributed by atoms with Gasteiger partial charge in [0.05, 0.1) is 11.3 Å². The van der Waals surface area contributed by atoms with E-state index in [1.165, 1.54) is 5.56 Å². The van der Waals surface area contributed by atoms with E-state index in [-0.39, 0.29) is 5.41 Å². The predicted octanol–water partition coefficient (Wildman–Crippen LogP) is 3.74. The van der Waals surface area contributed by atoms with E-state index >= 15 is 0 Å². The van der Waals surface area contributed by atoms with Crippen LogP contribution in [0.15, 0.2) is 42.7 Å². The van der Waals surface area contributed by atoms with Gasteiger partial charge in [0.2, 0.25) is 0 Å². The lowest BCUT2D eigenvalue weighted by atomic mass is 9.93. The third-order valence-corrected chi connectivity index (χ3v) is 3.45. The van der Waals surface area contributed by atoms with E-state index in [1.54, 1.807) is 10.7 Å². The summed E-state index contributed by atoms with van der Waals surface area (Å²) in [5, 5.41) is 4.60. The number of hydrogen-bond acceptors (Lipinski definition) is 2. The summed E-state index contributed by atoms with van der Waals surface area (Å²) in [6.45, 7) is 8.50. The summed E-state index contributed by atoms with van der Waals surface area (Å²) in [5.74, 6) is 6.33.